The van der Waals surface area contributed by atoms with Crippen molar-refractivity contribution in [2.24, 2.45) is 5.92 Å². The molecule has 1 saturated heterocycles. The van der Waals surface area contributed by atoms with Gasteiger partial charge in [0.2, 0.25) is 0 Å². The highest BCUT2D eigenvalue weighted by atomic mass is 32.1. The van der Waals surface area contributed by atoms with Crippen LogP contribution in [0.2, 0.25) is 0 Å². The average molecular weight is 404 g/mol. The maximum Gasteiger partial charge on any atom is 0.190 e. The molecule has 7 heteroatoms. The third-order valence-corrected chi connectivity index (χ3v) is 6.04. The van der Waals surface area contributed by atoms with Crippen molar-refractivity contribution in [1.82, 2.24) is 19.9 Å². The second kappa shape index (κ2) is 8.23. The number of rotatable bonds is 5. The second-order valence-corrected chi connectivity index (χ2v) is 8.19. The van der Waals surface area contributed by atoms with Crippen LogP contribution in [0.1, 0.15) is 18.4 Å². The number of fused-ring (bicyclic) bond motifs is 1. The van der Waals surface area contributed by atoms with E-state index in [1.807, 2.05) is 30.5 Å². The molecule has 0 aromatic carbocycles. The lowest BCUT2D eigenvalue weighted by atomic mass is 9.93. The number of nitrogens with one attached hydrogen (secondary N) is 1. The summed E-state index contributed by atoms with van der Waals surface area (Å²) in [7, 11) is 0. The van der Waals surface area contributed by atoms with Crippen molar-refractivity contribution in [3.8, 4) is 11.3 Å². The molecular weight excluding hydrogens is 382 g/mol. The van der Waals surface area contributed by atoms with Gasteiger partial charge >= 0.3 is 0 Å². The summed E-state index contributed by atoms with van der Waals surface area (Å²) in [5, 5.41) is 4.15. The van der Waals surface area contributed by atoms with E-state index in [1.165, 1.54) is 16.9 Å². The van der Waals surface area contributed by atoms with E-state index in [0.717, 1.165) is 65.0 Å². The zero-order valence-electron chi connectivity index (χ0n) is 15.9. The SMILES string of the molecule is c1cc(-c2ccc3nc(Nc4cc(CC5CCOCC5)ccn4)sc3n2)ccn1. The topological polar surface area (TPSA) is 72.8 Å². The fourth-order valence-electron chi connectivity index (χ4n) is 3.62. The van der Waals surface area contributed by atoms with E-state index < -0.39 is 0 Å². The number of pyridine rings is 3. The predicted octanol–water partition coefficient (Wildman–Crippen LogP) is 4.86. The highest BCUT2D eigenvalue weighted by molar-refractivity contribution is 7.21. The van der Waals surface area contributed by atoms with E-state index >= 15 is 0 Å². The summed E-state index contributed by atoms with van der Waals surface area (Å²) in [6.45, 7) is 1.75. The summed E-state index contributed by atoms with van der Waals surface area (Å²) in [6.07, 6.45) is 8.75. The molecule has 6 nitrogen and oxygen atoms in total. The van der Waals surface area contributed by atoms with Gasteiger partial charge in [-0.1, -0.05) is 11.3 Å². The first-order chi connectivity index (χ1) is 14.3. The van der Waals surface area contributed by atoms with Crippen LogP contribution < -0.4 is 5.32 Å². The Morgan fingerprint density at radius 2 is 1.86 bits per heavy atom. The summed E-state index contributed by atoms with van der Waals surface area (Å²) in [5.74, 6) is 1.51. The van der Waals surface area contributed by atoms with Crippen LogP contribution >= 0.6 is 11.3 Å². The summed E-state index contributed by atoms with van der Waals surface area (Å²) in [4.78, 5) is 18.9. The van der Waals surface area contributed by atoms with Crippen LogP contribution in [0.5, 0.6) is 0 Å². The molecule has 1 aliphatic rings. The van der Waals surface area contributed by atoms with E-state index in [9.17, 15) is 0 Å². The van der Waals surface area contributed by atoms with Crippen LogP contribution in [0.4, 0.5) is 10.9 Å². The van der Waals surface area contributed by atoms with Crippen molar-refractivity contribution in [1.29, 1.82) is 0 Å². The standard InChI is InChI=1S/C22H21N5OS/c1-2-19-21(25-18(1)17-4-8-23-9-5-17)29-22(26-19)27-20-14-16(3-10-24-20)13-15-6-11-28-12-7-15/h1-5,8-10,14-15H,6-7,11-13H2,(H,24,26,27). The Morgan fingerprint density at radius 3 is 2.72 bits per heavy atom. The molecule has 0 spiro atoms. The van der Waals surface area contributed by atoms with E-state index in [2.05, 4.69) is 32.4 Å². The van der Waals surface area contributed by atoms with Gasteiger partial charge < -0.3 is 10.1 Å². The average Bonchev–Trinajstić information content (AvgIpc) is 3.17. The number of aromatic nitrogens is 4. The molecule has 29 heavy (non-hydrogen) atoms. The number of ether oxygens (including phenoxy) is 1. The molecular formula is C22H21N5OS. The van der Waals surface area contributed by atoms with Gasteiger partial charge in [-0.25, -0.2) is 15.0 Å². The maximum absolute atomic E-state index is 5.46. The van der Waals surface area contributed by atoms with E-state index in [1.54, 1.807) is 12.4 Å². The van der Waals surface area contributed by atoms with Crippen molar-refractivity contribution in [3.05, 3.63) is 60.6 Å². The first-order valence-corrected chi connectivity index (χ1v) is 10.6. The Hall–Kier alpha value is -2.90. The Bertz CT molecular complexity index is 1110. The van der Waals surface area contributed by atoms with E-state index in [0.29, 0.717) is 5.92 Å². The van der Waals surface area contributed by atoms with E-state index in [-0.39, 0.29) is 0 Å². The monoisotopic (exact) mass is 403 g/mol. The summed E-state index contributed by atoms with van der Waals surface area (Å²) < 4.78 is 5.46. The minimum atomic E-state index is 0.692. The van der Waals surface area contributed by atoms with Gasteiger partial charge in [-0.3, -0.25) is 4.98 Å². The highest BCUT2D eigenvalue weighted by Crippen LogP contribution is 2.29. The number of hydrogen-bond donors (Lipinski definition) is 1. The van der Waals surface area contributed by atoms with Crippen LogP contribution in [-0.2, 0) is 11.2 Å². The van der Waals surface area contributed by atoms with Gasteiger partial charge in [0.15, 0.2) is 5.13 Å². The lowest BCUT2D eigenvalue weighted by Gasteiger charge is -2.22. The van der Waals surface area contributed by atoms with Crippen LogP contribution in [-0.4, -0.2) is 33.1 Å². The van der Waals surface area contributed by atoms with Crippen LogP contribution in [0.15, 0.2) is 55.0 Å². The van der Waals surface area contributed by atoms with Crippen LogP contribution in [0.3, 0.4) is 0 Å². The Morgan fingerprint density at radius 1 is 1.00 bits per heavy atom. The van der Waals surface area contributed by atoms with Gasteiger partial charge in [0.05, 0.1) is 5.69 Å². The molecule has 1 N–H and O–H groups in total. The molecule has 5 rings (SSSR count). The largest absolute Gasteiger partial charge is 0.381 e. The Balaban J connectivity index is 1.34. The number of anilines is 2. The first kappa shape index (κ1) is 18.1. The highest BCUT2D eigenvalue weighted by Gasteiger charge is 2.15. The summed E-state index contributed by atoms with van der Waals surface area (Å²) in [6, 6.07) is 12.1. The Labute approximate surface area is 173 Å². The minimum Gasteiger partial charge on any atom is -0.381 e. The Kier molecular flexibility index (Phi) is 5.15. The van der Waals surface area contributed by atoms with Gasteiger partial charge in [-0.05, 0) is 67.1 Å². The quantitative estimate of drug-likeness (QED) is 0.513. The van der Waals surface area contributed by atoms with Crippen LogP contribution in [0.25, 0.3) is 21.6 Å². The molecule has 1 fully saturated rings. The van der Waals surface area contributed by atoms with Gasteiger partial charge in [-0.15, -0.1) is 0 Å². The lowest BCUT2D eigenvalue weighted by molar-refractivity contribution is 0.0665. The molecule has 0 atom stereocenters. The summed E-state index contributed by atoms with van der Waals surface area (Å²) >= 11 is 1.54. The normalized spacial score (nSPS) is 14.9. The van der Waals surface area contributed by atoms with Crippen molar-refractivity contribution >= 4 is 32.6 Å². The number of hydrogen-bond acceptors (Lipinski definition) is 7. The molecule has 0 amide bonds. The molecule has 0 radical (unpaired) electrons. The molecule has 4 aromatic heterocycles. The van der Waals surface area contributed by atoms with Crippen LogP contribution in [0, 0.1) is 5.92 Å². The zero-order valence-corrected chi connectivity index (χ0v) is 16.7. The number of thiazole rings is 1. The van der Waals surface area contributed by atoms with Crippen molar-refractivity contribution in [2.45, 2.75) is 19.3 Å². The van der Waals surface area contributed by atoms with Gasteiger partial charge in [-0.2, -0.15) is 0 Å². The van der Waals surface area contributed by atoms with E-state index in [4.69, 9.17) is 9.72 Å². The smallest absolute Gasteiger partial charge is 0.190 e. The molecule has 1 aliphatic heterocycles. The molecule has 0 saturated carbocycles. The van der Waals surface area contributed by atoms with Crippen molar-refractivity contribution < 1.29 is 4.74 Å². The molecule has 0 unspecified atom stereocenters. The number of nitrogens with zero attached hydrogens (tertiary/aromatic N) is 4. The minimum absolute atomic E-state index is 0.692. The van der Waals surface area contributed by atoms with Crippen molar-refractivity contribution in [2.75, 3.05) is 18.5 Å². The van der Waals surface area contributed by atoms with Crippen molar-refractivity contribution in [3.63, 3.8) is 0 Å². The maximum atomic E-state index is 5.46. The third-order valence-electron chi connectivity index (χ3n) is 5.16. The first-order valence-electron chi connectivity index (χ1n) is 9.81. The fraction of sp³-hybridized carbons (Fsp3) is 0.273. The van der Waals surface area contributed by atoms with Gasteiger partial charge in [0.1, 0.15) is 16.2 Å². The fourth-order valence-corrected chi connectivity index (χ4v) is 4.46. The van der Waals surface area contributed by atoms with Gasteiger partial charge in [0, 0.05) is 37.4 Å². The van der Waals surface area contributed by atoms with Gasteiger partial charge in [0.25, 0.3) is 0 Å². The molecule has 0 aliphatic carbocycles. The summed E-state index contributed by atoms with van der Waals surface area (Å²) in [5.41, 5.74) is 4.15. The second-order valence-electron chi connectivity index (χ2n) is 7.21. The molecule has 4 aromatic rings. The molecule has 0 bridgehead atoms. The third kappa shape index (κ3) is 4.26. The zero-order chi connectivity index (χ0) is 19.5. The molecule has 5 heterocycles. The lowest BCUT2D eigenvalue weighted by Crippen LogP contribution is -2.17. The molecule has 146 valence electrons. The predicted molar refractivity (Wildman–Crippen MR) is 115 cm³/mol.